The smallest absolute Gasteiger partial charge is 0.301 e. The second kappa shape index (κ2) is 17.6. The first-order valence-electron chi connectivity index (χ1n) is 16.5. The van der Waals surface area contributed by atoms with Gasteiger partial charge in [0.2, 0.25) is 5.13 Å². The molecule has 2 heterocycles. The molecule has 1 aliphatic heterocycles. The number of ether oxygens (including phenoxy) is 3. The number of carbonyl (C=O) groups is 2. The maximum absolute atomic E-state index is 13.8. The molecule has 1 saturated heterocycles. The van der Waals surface area contributed by atoms with E-state index in [1.165, 1.54) is 28.0 Å². The van der Waals surface area contributed by atoms with E-state index in [1.807, 2.05) is 31.2 Å². The number of amides is 1. The number of nitrogens with zero attached hydrogens (tertiary/aromatic N) is 3. The molecule has 5 rings (SSSR count). The van der Waals surface area contributed by atoms with E-state index in [-0.39, 0.29) is 16.5 Å². The number of benzene rings is 3. The van der Waals surface area contributed by atoms with Crippen LogP contribution >= 0.6 is 34.7 Å². The lowest BCUT2D eigenvalue weighted by Gasteiger charge is -2.23. The number of aliphatic hydroxyl groups is 1. The SMILES string of the molecule is CCCCCOc1ccc(C2C(=C(O)c3ccc(OCCCC)cc3)C(=O)C(=O)N2c2nnc(SCc3ccccc3Cl)s2)cc1OCC. The number of unbranched alkanes of at least 4 members (excludes halogenated alkanes) is 3. The second-order valence-electron chi connectivity index (χ2n) is 11.3. The zero-order valence-corrected chi connectivity index (χ0v) is 30.2. The van der Waals surface area contributed by atoms with Crippen molar-refractivity contribution in [3.8, 4) is 17.2 Å². The highest BCUT2D eigenvalue weighted by Gasteiger charge is 2.48. The predicted molar refractivity (Wildman–Crippen MR) is 195 cm³/mol. The van der Waals surface area contributed by atoms with Crippen LogP contribution in [0.15, 0.2) is 76.6 Å². The number of hydrogen-bond donors (Lipinski definition) is 1. The van der Waals surface area contributed by atoms with E-state index in [1.54, 1.807) is 42.5 Å². The fourth-order valence-corrected chi connectivity index (χ4v) is 7.43. The molecule has 12 heteroatoms. The van der Waals surface area contributed by atoms with Crippen molar-refractivity contribution in [2.75, 3.05) is 24.7 Å². The van der Waals surface area contributed by atoms with Crippen LogP contribution in [0.25, 0.3) is 5.76 Å². The van der Waals surface area contributed by atoms with Crippen LogP contribution < -0.4 is 19.1 Å². The number of hydrogen-bond acceptors (Lipinski definition) is 10. The molecule has 0 aliphatic carbocycles. The molecule has 3 aromatic carbocycles. The number of halogens is 1. The summed E-state index contributed by atoms with van der Waals surface area (Å²) in [5.74, 6) is 0.281. The summed E-state index contributed by atoms with van der Waals surface area (Å²) >= 11 is 8.97. The van der Waals surface area contributed by atoms with Gasteiger partial charge in [-0.1, -0.05) is 92.1 Å². The van der Waals surface area contributed by atoms with Gasteiger partial charge in [-0.05, 0) is 73.4 Å². The first-order valence-corrected chi connectivity index (χ1v) is 18.7. The maximum atomic E-state index is 13.8. The predicted octanol–water partition coefficient (Wildman–Crippen LogP) is 9.26. The minimum atomic E-state index is -1.01. The van der Waals surface area contributed by atoms with Crippen molar-refractivity contribution in [3.05, 3.63) is 94.0 Å². The summed E-state index contributed by atoms with van der Waals surface area (Å²) in [4.78, 5) is 28.9. The number of aliphatic hydroxyl groups excluding tert-OH is 1. The van der Waals surface area contributed by atoms with Gasteiger partial charge in [0.25, 0.3) is 5.78 Å². The van der Waals surface area contributed by atoms with Gasteiger partial charge in [0, 0.05) is 16.3 Å². The third-order valence-electron chi connectivity index (χ3n) is 7.84. The summed E-state index contributed by atoms with van der Waals surface area (Å²) in [5.41, 5.74) is 1.79. The molecule has 1 fully saturated rings. The molecule has 49 heavy (non-hydrogen) atoms. The van der Waals surface area contributed by atoms with Crippen molar-refractivity contribution in [2.24, 2.45) is 0 Å². The largest absolute Gasteiger partial charge is 0.507 e. The standard InChI is InChI=1S/C37H40ClN3O6S2/c1-4-7-11-21-47-29-19-16-25(22-30(29)45-6-3)32-31(33(42)24-14-17-27(18-15-24)46-20-8-5-2)34(43)35(44)41(32)36-39-40-37(49-36)48-23-26-12-9-10-13-28(26)38/h9-10,12-19,22,32,42H,4-8,11,20-21,23H2,1-3H3. The maximum Gasteiger partial charge on any atom is 0.301 e. The highest BCUT2D eigenvalue weighted by molar-refractivity contribution is 8.00. The normalized spacial score (nSPS) is 15.5. The van der Waals surface area contributed by atoms with Crippen LogP contribution in [0.4, 0.5) is 5.13 Å². The number of ketones is 1. The first kappa shape index (κ1) is 36.2. The second-order valence-corrected chi connectivity index (χ2v) is 13.9. The van der Waals surface area contributed by atoms with E-state index in [4.69, 9.17) is 25.8 Å². The quantitative estimate of drug-likeness (QED) is 0.0285. The summed E-state index contributed by atoms with van der Waals surface area (Å²) in [6.45, 7) is 7.58. The van der Waals surface area contributed by atoms with Crippen LogP contribution in [0.5, 0.6) is 17.2 Å². The summed E-state index contributed by atoms with van der Waals surface area (Å²) in [5, 5.41) is 21.2. The molecule has 1 N–H and O–H groups in total. The molecule has 9 nitrogen and oxygen atoms in total. The minimum absolute atomic E-state index is 0.0656. The van der Waals surface area contributed by atoms with Gasteiger partial charge < -0.3 is 19.3 Å². The summed E-state index contributed by atoms with van der Waals surface area (Å²) in [6.07, 6.45) is 4.94. The third-order valence-corrected chi connectivity index (χ3v) is 10.3. The van der Waals surface area contributed by atoms with Crippen molar-refractivity contribution < 1.29 is 28.9 Å². The van der Waals surface area contributed by atoms with Crippen LogP contribution in [0, 0.1) is 0 Å². The van der Waals surface area contributed by atoms with Crippen LogP contribution in [-0.2, 0) is 15.3 Å². The average molecular weight is 722 g/mol. The number of rotatable bonds is 17. The number of thioether (sulfide) groups is 1. The molecule has 1 amide bonds. The van der Waals surface area contributed by atoms with Gasteiger partial charge in [-0.2, -0.15) is 0 Å². The Bertz CT molecular complexity index is 1780. The zero-order chi connectivity index (χ0) is 34.8. The van der Waals surface area contributed by atoms with E-state index in [2.05, 4.69) is 24.0 Å². The Morgan fingerprint density at radius 1 is 0.898 bits per heavy atom. The summed E-state index contributed by atoms with van der Waals surface area (Å²) < 4.78 is 18.4. The van der Waals surface area contributed by atoms with Crippen LogP contribution in [0.2, 0.25) is 5.02 Å². The third kappa shape index (κ3) is 8.76. The van der Waals surface area contributed by atoms with Crippen molar-refractivity contribution in [2.45, 2.75) is 69.0 Å². The molecule has 1 unspecified atom stereocenters. The Morgan fingerprint density at radius 3 is 2.39 bits per heavy atom. The summed E-state index contributed by atoms with van der Waals surface area (Å²) in [6, 6.07) is 18.7. The van der Waals surface area contributed by atoms with Crippen molar-refractivity contribution in [1.82, 2.24) is 10.2 Å². The number of carbonyl (C=O) groups excluding carboxylic acids is 2. The Labute approximate surface area is 300 Å². The van der Waals surface area contributed by atoms with Gasteiger partial charge >= 0.3 is 5.91 Å². The molecule has 1 aliphatic rings. The Kier molecular flexibility index (Phi) is 13.0. The molecule has 1 atom stereocenters. The average Bonchev–Trinajstić information content (AvgIpc) is 3.68. The number of Topliss-reactive ketones (excluding diaryl/α,β-unsaturated/α-hetero) is 1. The van der Waals surface area contributed by atoms with Crippen LogP contribution in [0.3, 0.4) is 0 Å². The lowest BCUT2D eigenvalue weighted by Crippen LogP contribution is -2.29. The van der Waals surface area contributed by atoms with Crippen molar-refractivity contribution in [1.29, 1.82) is 0 Å². The molecule has 0 saturated carbocycles. The molecule has 1 aromatic heterocycles. The Hall–Kier alpha value is -4.06. The van der Waals surface area contributed by atoms with Gasteiger partial charge in [0.1, 0.15) is 11.5 Å². The molecular formula is C37H40ClN3O6S2. The molecular weight excluding hydrogens is 682 g/mol. The molecule has 4 aromatic rings. The van der Waals surface area contributed by atoms with E-state index in [9.17, 15) is 14.7 Å². The van der Waals surface area contributed by atoms with E-state index in [0.29, 0.717) is 63.3 Å². The van der Waals surface area contributed by atoms with Crippen molar-refractivity contribution in [3.63, 3.8) is 0 Å². The Morgan fingerprint density at radius 2 is 1.65 bits per heavy atom. The molecule has 0 radical (unpaired) electrons. The lowest BCUT2D eigenvalue weighted by molar-refractivity contribution is -0.132. The lowest BCUT2D eigenvalue weighted by atomic mass is 9.95. The highest BCUT2D eigenvalue weighted by atomic mass is 35.5. The Balaban J connectivity index is 1.53. The molecule has 0 bridgehead atoms. The monoisotopic (exact) mass is 721 g/mol. The number of anilines is 1. The van der Waals surface area contributed by atoms with Gasteiger partial charge in [-0.25, -0.2) is 0 Å². The minimum Gasteiger partial charge on any atom is -0.507 e. The van der Waals surface area contributed by atoms with Crippen molar-refractivity contribution >= 4 is 57.3 Å². The topological polar surface area (TPSA) is 111 Å². The van der Waals surface area contributed by atoms with Gasteiger partial charge in [0.15, 0.2) is 15.8 Å². The van der Waals surface area contributed by atoms with Gasteiger partial charge in [-0.3, -0.25) is 14.5 Å². The molecule has 0 spiro atoms. The van der Waals surface area contributed by atoms with Crippen LogP contribution in [-0.4, -0.2) is 46.8 Å². The van der Waals surface area contributed by atoms with E-state index < -0.39 is 17.7 Å². The highest BCUT2D eigenvalue weighted by Crippen LogP contribution is 2.46. The zero-order valence-electron chi connectivity index (χ0n) is 27.8. The van der Waals surface area contributed by atoms with Gasteiger partial charge in [-0.15, -0.1) is 10.2 Å². The fraction of sp³-hybridized carbons (Fsp3) is 0.351. The van der Waals surface area contributed by atoms with Gasteiger partial charge in [0.05, 0.1) is 31.4 Å². The van der Waals surface area contributed by atoms with Crippen LogP contribution in [0.1, 0.15) is 75.6 Å². The fourth-order valence-electron chi connectivity index (χ4n) is 5.27. The van der Waals surface area contributed by atoms with E-state index in [0.717, 1.165) is 37.7 Å². The number of aromatic nitrogens is 2. The van der Waals surface area contributed by atoms with E-state index >= 15 is 0 Å². The first-order chi connectivity index (χ1) is 23.9. The molecule has 258 valence electrons. The summed E-state index contributed by atoms with van der Waals surface area (Å²) in [7, 11) is 0.